The van der Waals surface area contributed by atoms with Gasteiger partial charge in [0.2, 0.25) is 0 Å². The van der Waals surface area contributed by atoms with Crippen molar-refractivity contribution < 1.29 is 9.18 Å². The van der Waals surface area contributed by atoms with Crippen LogP contribution in [0, 0.1) is 5.82 Å². The van der Waals surface area contributed by atoms with E-state index in [0.29, 0.717) is 37.5 Å². The number of carbonyl (C=O) groups excluding carboxylic acids is 1. The number of anilines is 1. The zero-order valence-corrected chi connectivity index (χ0v) is 23.0. The molecule has 0 aliphatic carbocycles. The molecule has 0 saturated carbocycles. The number of nitrogens with zero attached hydrogens (tertiary/aromatic N) is 7. The van der Waals surface area contributed by atoms with Gasteiger partial charge in [-0.15, -0.1) is 0 Å². The number of rotatable bonds is 4. The third-order valence-electron chi connectivity index (χ3n) is 8.43. The maximum atomic E-state index is 14.1. The average molecular weight is 543 g/mol. The van der Waals surface area contributed by atoms with Gasteiger partial charge in [0.05, 0.1) is 11.0 Å². The molecule has 0 radical (unpaired) electrons. The SMILES string of the molecule is C[C@H]1CN(C(=O)N2CCC(C)(n3c(-c4ccccn4)nc4cc(F)ccc43)CC2)CCN1Cc1ccnc(N)c1. The highest BCUT2D eigenvalue weighted by Gasteiger charge is 2.38. The topological polar surface area (TPSA) is 96.4 Å². The standard InChI is InChI=1S/C30H35FN8O/c1-21-19-38(16-15-37(21)20-22-8-12-34-27(32)17-22)29(40)36-13-9-30(2,10-14-36)39-26-7-6-23(31)18-25(26)35-28(39)24-5-3-4-11-33-24/h3-8,11-12,17-18,21H,9-10,13-16,19-20H2,1-2H3,(H2,32,34)/t21-/m0/s1. The Hall–Kier alpha value is -4.05. The molecule has 4 aromatic rings. The molecule has 5 heterocycles. The molecule has 9 nitrogen and oxygen atoms in total. The number of halogens is 1. The molecule has 2 aliphatic rings. The summed E-state index contributed by atoms with van der Waals surface area (Å²) in [5.41, 5.74) is 8.93. The number of likely N-dealkylation sites (tertiary alicyclic amines) is 1. The predicted molar refractivity (Wildman–Crippen MR) is 153 cm³/mol. The van der Waals surface area contributed by atoms with Gasteiger partial charge < -0.3 is 20.1 Å². The molecule has 40 heavy (non-hydrogen) atoms. The van der Waals surface area contributed by atoms with Gasteiger partial charge >= 0.3 is 6.03 Å². The Kier molecular flexibility index (Phi) is 6.87. The van der Waals surface area contributed by atoms with Gasteiger partial charge in [-0.05, 0) is 68.7 Å². The Labute approximate surface area is 233 Å². The van der Waals surface area contributed by atoms with Gasteiger partial charge in [-0.2, -0.15) is 0 Å². The number of amides is 2. The van der Waals surface area contributed by atoms with Gasteiger partial charge in [0, 0.05) is 69.3 Å². The van der Waals surface area contributed by atoms with E-state index in [1.165, 1.54) is 12.1 Å². The lowest BCUT2D eigenvalue weighted by Crippen LogP contribution is -2.58. The Morgan fingerprint density at radius 3 is 2.58 bits per heavy atom. The number of piperazine rings is 1. The molecule has 0 bridgehead atoms. The molecular formula is C30H35FN8O. The lowest BCUT2D eigenvalue weighted by atomic mass is 9.88. The Morgan fingerprint density at radius 2 is 1.85 bits per heavy atom. The van der Waals surface area contributed by atoms with Crippen molar-refractivity contribution in [1.82, 2.24) is 34.2 Å². The van der Waals surface area contributed by atoms with E-state index in [1.807, 2.05) is 40.1 Å². The summed E-state index contributed by atoms with van der Waals surface area (Å²) < 4.78 is 16.3. The number of hydrogen-bond donors (Lipinski definition) is 1. The first-order chi connectivity index (χ1) is 19.3. The molecular weight excluding hydrogens is 507 g/mol. The second kappa shape index (κ2) is 10.5. The molecule has 0 spiro atoms. The zero-order chi connectivity index (χ0) is 27.9. The van der Waals surface area contributed by atoms with Crippen LogP contribution in [-0.2, 0) is 12.1 Å². The predicted octanol–water partition coefficient (Wildman–Crippen LogP) is 4.35. The van der Waals surface area contributed by atoms with E-state index in [0.717, 1.165) is 48.5 Å². The lowest BCUT2D eigenvalue weighted by molar-refractivity contribution is 0.0643. The van der Waals surface area contributed by atoms with E-state index in [1.54, 1.807) is 18.5 Å². The number of aromatic nitrogens is 4. The van der Waals surface area contributed by atoms with Crippen LogP contribution < -0.4 is 5.73 Å². The van der Waals surface area contributed by atoms with Gasteiger partial charge in [0.1, 0.15) is 17.3 Å². The second-order valence-electron chi connectivity index (χ2n) is 11.2. The van der Waals surface area contributed by atoms with Crippen LogP contribution >= 0.6 is 0 Å². The number of nitrogens with two attached hydrogens (primary N) is 1. The van der Waals surface area contributed by atoms with Crippen LogP contribution in [0.4, 0.5) is 15.0 Å². The summed E-state index contributed by atoms with van der Waals surface area (Å²) >= 11 is 0. The number of pyridine rings is 2. The van der Waals surface area contributed by atoms with Crippen LogP contribution in [0.2, 0.25) is 0 Å². The van der Waals surface area contributed by atoms with Crippen LogP contribution in [-0.4, -0.2) is 79.0 Å². The van der Waals surface area contributed by atoms with Crippen LogP contribution in [0.15, 0.2) is 60.9 Å². The van der Waals surface area contributed by atoms with E-state index >= 15 is 0 Å². The van der Waals surface area contributed by atoms with Gasteiger partial charge in [-0.25, -0.2) is 19.2 Å². The minimum absolute atomic E-state index is 0.101. The van der Waals surface area contributed by atoms with Crippen molar-refractivity contribution in [2.45, 2.75) is 44.8 Å². The number of fused-ring (bicyclic) bond motifs is 1. The Morgan fingerprint density at radius 1 is 1.02 bits per heavy atom. The first-order valence-corrected chi connectivity index (χ1v) is 13.9. The molecule has 2 N–H and O–H groups in total. The first-order valence-electron chi connectivity index (χ1n) is 13.9. The number of imidazole rings is 1. The van der Waals surface area contributed by atoms with Crippen molar-refractivity contribution in [3.8, 4) is 11.5 Å². The largest absolute Gasteiger partial charge is 0.384 e. The molecule has 3 aromatic heterocycles. The summed E-state index contributed by atoms with van der Waals surface area (Å²) in [5.74, 6) is 0.943. The minimum atomic E-state index is -0.311. The normalized spacial score (nSPS) is 19.7. The molecule has 2 fully saturated rings. The van der Waals surface area contributed by atoms with Gasteiger partial charge in [0.25, 0.3) is 0 Å². The van der Waals surface area contributed by atoms with Crippen molar-refractivity contribution >= 4 is 22.9 Å². The van der Waals surface area contributed by atoms with Crippen molar-refractivity contribution in [1.29, 1.82) is 0 Å². The quantitative estimate of drug-likeness (QED) is 0.412. The summed E-state index contributed by atoms with van der Waals surface area (Å²) in [6, 6.07) is 14.7. The summed E-state index contributed by atoms with van der Waals surface area (Å²) in [7, 11) is 0. The van der Waals surface area contributed by atoms with Crippen LogP contribution in [0.3, 0.4) is 0 Å². The molecule has 208 valence electrons. The third-order valence-corrected chi connectivity index (χ3v) is 8.43. The monoisotopic (exact) mass is 542 g/mol. The fraction of sp³-hybridized carbons (Fsp3) is 0.400. The maximum absolute atomic E-state index is 14.1. The Balaban J connectivity index is 1.15. The van der Waals surface area contributed by atoms with E-state index in [-0.39, 0.29) is 23.4 Å². The molecule has 2 saturated heterocycles. The number of benzene rings is 1. The second-order valence-corrected chi connectivity index (χ2v) is 11.2. The highest BCUT2D eigenvalue weighted by atomic mass is 19.1. The number of hydrogen-bond acceptors (Lipinski definition) is 6. The molecule has 2 amide bonds. The molecule has 0 unspecified atom stereocenters. The summed E-state index contributed by atoms with van der Waals surface area (Å²) in [5, 5.41) is 0. The zero-order valence-electron chi connectivity index (χ0n) is 23.0. The van der Waals surface area contributed by atoms with E-state index in [4.69, 9.17) is 10.7 Å². The maximum Gasteiger partial charge on any atom is 0.320 e. The van der Waals surface area contributed by atoms with Crippen LogP contribution in [0.5, 0.6) is 0 Å². The highest BCUT2D eigenvalue weighted by Crippen LogP contribution is 2.38. The van der Waals surface area contributed by atoms with Crippen molar-refractivity contribution in [2.24, 2.45) is 0 Å². The molecule has 10 heteroatoms. The summed E-state index contributed by atoms with van der Waals surface area (Å²) in [6.07, 6.45) is 5.01. The average Bonchev–Trinajstić information content (AvgIpc) is 3.34. The molecule has 2 aliphatic heterocycles. The van der Waals surface area contributed by atoms with Gasteiger partial charge in [0.15, 0.2) is 5.82 Å². The fourth-order valence-electron chi connectivity index (χ4n) is 6.10. The first kappa shape index (κ1) is 26.2. The smallest absolute Gasteiger partial charge is 0.320 e. The van der Waals surface area contributed by atoms with Crippen molar-refractivity contribution in [3.05, 3.63) is 72.3 Å². The number of carbonyl (C=O) groups is 1. The highest BCUT2D eigenvalue weighted by molar-refractivity contribution is 5.81. The minimum Gasteiger partial charge on any atom is -0.384 e. The molecule has 1 atom stereocenters. The number of piperidine rings is 1. The van der Waals surface area contributed by atoms with Gasteiger partial charge in [-0.1, -0.05) is 6.07 Å². The van der Waals surface area contributed by atoms with Crippen LogP contribution in [0.1, 0.15) is 32.3 Å². The summed E-state index contributed by atoms with van der Waals surface area (Å²) in [6.45, 7) is 8.64. The third kappa shape index (κ3) is 4.99. The Bertz CT molecular complexity index is 1510. The fourth-order valence-corrected chi connectivity index (χ4v) is 6.10. The van der Waals surface area contributed by atoms with Crippen molar-refractivity contribution in [3.63, 3.8) is 0 Å². The molecule has 6 rings (SSSR count). The van der Waals surface area contributed by atoms with Gasteiger partial charge in [-0.3, -0.25) is 9.88 Å². The molecule has 1 aromatic carbocycles. The number of urea groups is 1. The summed E-state index contributed by atoms with van der Waals surface area (Å²) in [4.78, 5) is 33.4. The van der Waals surface area contributed by atoms with E-state index in [2.05, 4.69) is 33.3 Å². The van der Waals surface area contributed by atoms with E-state index < -0.39 is 0 Å². The lowest BCUT2D eigenvalue weighted by Gasteiger charge is -2.45. The number of nitrogen functional groups attached to an aromatic ring is 1. The van der Waals surface area contributed by atoms with Crippen LogP contribution in [0.25, 0.3) is 22.6 Å². The van der Waals surface area contributed by atoms with E-state index in [9.17, 15) is 9.18 Å². The van der Waals surface area contributed by atoms with Crippen molar-refractivity contribution in [2.75, 3.05) is 38.5 Å².